The lowest BCUT2D eigenvalue weighted by Gasteiger charge is -2.27. The van der Waals surface area contributed by atoms with Gasteiger partial charge in [0.05, 0.1) is 13.2 Å². The number of aryl methyl sites for hydroxylation is 2. The molecule has 116 valence electrons. The summed E-state index contributed by atoms with van der Waals surface area (Å²) < 4.78 is 5.36. The summed E-state index contributed by atoms with van der Waals surface area (Å²) in [7, 11) is 0. The van der Waals surface area contributed by atoms with Crippen molar-refractivity contribution in [3.8, 4) is 0 Å². The van der Waals surface area contributed by atoms with Gasteiger partial charge in [-0.1, -0.05) is 6.07 Å². The Morgan fingerprint density at radius 1 is 1.18 bits per heavy atom. The zero-order valence-corrected chi connectivity index (χ0v) is 13.0. The van der Waals surface area contributed by atoms with Gasteiger partial charge in [0.1, 0.15) is 17.5 Å². The molecule has 0 aliphatic carbocycles. The molecule has 0 amide bonds. The average Bonchev–Trinajstić information content (AvgIpc) is 2.53. The Labute approximate surface area is 130 Å². The third-order valence-corrected chi connectivity index (χ3v) is 3.58. The van der Waals surface area contributed by atoms with E-state index in [2.05, 4.69) is 37.3 Å². The molecule has 1 aliphatic heterocycles. The van der Waals surface area contributed by atoms with Crippen LogP contribution in [0, 0.1) is 13.8 Å². The van der Waals surface area contributed by atoms with Crippen LogP contribution in [0.5, 0.6) is 0 Å². The van der Waals surface area contributed by atoms with Gasteiger partial charge in [-0.05, 0) is 25.5 Å². The highest BCUT2D eigenvalue weighted by Gasteiger charge is 2.11. The van der Waals surface area contributed by atoms with Crippen molar-refractivity contribution in [2.24, 2.45) is 0 Å². The van der Waals surface area contributed by atoms with Crippen molar-refractivity contribution >= 4 is 11.6 Å². The van der Waals surface area contributed by atoms with E-state index < -0.39 is 0 Å². The van der Waals surface area contributed by atoms with E-state index in [1.54, 1.807) is 0 Å². The Morgan fingerprint density at radius 3 is 2.68 bits per heavy atom. The number of anilines is 2. The maximum absolute atomic E-state index is 5.36. The normalized spacial score (nSPS) is 14.9. The number of aromatic nitrogens is 3. The van der Waals surface area contributed by atoms with Crippen molar-refractivity contribution in [3.63, 3.8) is 0 Å². The van der Waals surface area contributed by atoms with E-state index in [4.69, 9.17) is 4.74 Å². The number of ether oxygens (including phenoxy) is 1. The zero-order valence-electron chi connectivity index (χ0n) is 13.0. The minimum Gasteiger partial charge on any atom is -0.378 e. The lowest BCUT2D eigenvalue weighted by atomic mass is 10.2. The van der Waals surface area contributed by atoms with Gasteiger partial charge in [-0.25, -0.2) is 15.0 Å². The number of hydrogen-bond donors (Lipinski definition) is 1. The first kappa shape index (κ1) is 14.7. The van der Waals surface area contributed by atoms with Gasteiger partial charge in [0.2, 0.25) is 0 Å². The molecule has 0 aromatic carbocycles. The second kappa shape index (κ2) is 6.70. The maximum Gasteiger partial charge on any atom is 0.130 e. The summed E-state index contributed by atoms with van der Waals surface area (Å²) in [5, 5.41) is 3.32. The fourth-order valence-electron chi connectivity index (χ4n) is 2.50. The van der Waals surface area contributed by atoms with E-state index in [0.717, 1.165) is 55.0 Å². The third kappa shape index (κ3) is 3.71. The number of morpholine rings is 1. The smallest absolute Gasteiger partial charge is 0.130 e. The zero-order chi connectivity index (χ0) is 15.4. The van der Waals surface area contributed by atoms with E-state index in [1.165, 1.54) is 0 Å². The molecule has 3 rings (SSSR count). The molecule has 0 atom stereocenters. The van der Waals surface area contributed by atoms with E-state index in [1.807, 2.05) is 26.1 Å². The molecule has 0 unspecified atom stereocenters. The molecule has 6 nitrogen and oxygen atoms in total. The Kier molecular flexibility index (Phi) is 4.48. The summed E-state index contributed by atoms with van der Waals surface area (Å²) in [6.07, 6.45) is 1.92. The summed E-state index contributed by atoms with van der Waals surface area (Å²) in [5.74, 6) is 2.64. The van der Waals surface area contributed by atoms with Crippen LogP contribution < -0.4 is 10.2 Å². The van der Waals surface area contributed by atoms with Crippen LogP contribution in [0.25, 0.3) is 0 Å². The quantitative estimate of drug-likeness (QED) is 0.931. The number of rotatable bonds is 4. The summed E-state index contributed by atoms with van der Waals surface area (Å²) >= 11 is 0. The molecule has 6 heteroatoms. The van der Waals surface area contributed by atoms with Gasteiger partial charge in [-0.15, -0.1) is 0 Å². The van der Waals surface area contributed by atoms with Crippen LogP contribution in [0.1, 0.15) is 17.1 Å². The predicted octanol–water partition coefficient (Wildman–Crippen LogP) is 1.94. The number of pyridine rings is 1. The van der Waals surface area contributed by atoms with Crippen molar-refractivity contribution in [1.82, 2.24) is 15.0 Å². The van der Waals surface area contributed by atoms with Gasteiger partial charge in [0, 0.05) is 37.6 Å². The van der Waals surface area contributed by atoms with Gasteiger partial charge in [0.15, 0.2) is 0 Å². The van der Waals surface area contributed by atoms with Crippen molar-refractivity contribution in [2.75, 3.05) is 36.5 Å². The topological polar surface area (TPSA) is 63.2 Å². The number of nitrogens with zero attached hydrogens (tertiary/aromatic N) is 4. The van der Waals surface area contributed by atoms with Crippen LogP contribution >= 0.6 is 0 Å². The van der Waals surface area contributed by atoms with Crippen LogP contribution in [-0.2, 0) is 11.3 Å². The molecule has 2 aromatic heterocycles. The highest BCUT2D eigenvalue weighted by atomic mass is 16.5. The second-order valence-corrected chi connectivity index (χ2v) is 5.42. The monoisotopic (exact) mass is 299 g/mol. The minimum atomic E-state index is 0.701. The molecule has 0 bridgehead atoms. The van der Waals surface area contributed by atoms with E-state index >= 15 is 0 Å². The molecular weight excluding hydrogens is 278 g/mol. The van der Waals surface area contributed by atoms with Gasteiger partial charge < -0.3 is 15.0 Å². The fraction of sp³-hybridized carbons (Fsp3) is 0.438. The van der Waals surface area contributed by atoms with Crippen LogP contribution in [0.3, 0.4) is 0 Å². The number of nitrogens with one attached hydrogen (secondary N) is 1. The Balaban J connectivity index is 1.61. The number of hydrogen-bond acceptors (Lipinski definition) is 6. The van der Waals surface area contributed by atoms with Crippen LogP contribution in [0.2, 0.25) is 0 Å². The SMILES string of the molecule is Cc1cc(NCc2ccc(N3CCOCC3)nc2)nc(C)n1. The van der Waals surface area contributed by atoms with Crippen LogP contribution in [0.4, 0.5) is 11.6 Å². The molecule has 1 fully saturated rings. The molecule has 1 N–H and O–H groups in total. The Bertz CT molecular complexity index is 603. The highest BCUT2D eigenvalue weighted by molar-refractivity contribution is 5.41. The molecule has 22 heavy (non-hydrogen) atoms. The third-order valence-electron chi connectivity index (χ3n) is 3.58. The van der Waals surface area contributed by atoms with Crippen molar-refractivity contribution in [1.29, 1.82) is 0 Å². The lowest BCUT2D eigenvalue weighted by molar-refractivity contribution is 0.122. The van der Waals surface area contributed by atoms with E-state index in [9.17, 15) is 0 Å². The second-order valence-electron chi connectivity index (χ2n) is 5.42. The molecule has 3 heterocycles. The first-order valence-electron chi connectivity index (χ1n) is 7.54. The Hall–Kier alpha value is -2.21. The van der Waals surface area contributed by atoms with Crippen molar-refractivity contribution in [2.45, 2.75) is 20.4 Å². The van der Waals surface area contributed by atoms with Gasteiger partial charge in [0.25, 0.3) is 0 Å². The predicted molar refractivity (Wildman–Crippen MR) is 86.1 cm³/mol. The molecule has 1 aliphatic rings. The van der Waals surface area contributed by atoms with Crippen molar-refractivity contribution in [3.05, 3.63) is 41.5 Å². The summed E-state index contributed by atoms with van der Waals surface area (Å²) in [6.45, 7) is 7.94. The van der Waals surface area contributed by atoms with E-state index in [0.29, 0.717) is 6.54 Å². The molecule has 1 saturated heterocycles. The minimum absolute atomic E-state index is 0.701. The largest absolute Gasteiger partial charge is 0.378 e. The first-order valence-corrected chi connectivity index (χ1v) is 7.54. The van der Waals surface area contributed by atoms with Crippen LogP contribution in [0.15, 0.2) is 24.4 Å². The van der Waals surface area contributed by atoms with Gasteiger partial charge in [-0.3, -0.25) is 0 Å². The van der Waals surface area contributed by atoms with Crippen molar-refractivity contribution < 1.29 is 4.74 Å². The first-order chi connectivity index (χ1) is 10.7. The molecular formula is C16H21N5O. The summed E-state index contributed by atoms with van der Waals surface area (Å²) in [5.41, 5.74) is 2.10. The summed E-state index contributed by atoms with van der Waals surface area (Å²) in [6, 6.07) is 6.12. The highest BCUT2D eigenvalue weighted by Crippen LogP contribution is 2.14. The molecule has 0 saturated carbocycles. The molecule has 0 spiro atoms. The standard InChI is InChI=1S/C16H21N5O/c1-12-9-15(20-13(2)19-12)17-10-14-3-4-16(18-11-14)21-5-7-22-8-6-21/h3-4,9,11H,5-8,10H2,1-2H3,(H,17,19,20). The molecule has 2 aromatic rings. The Morgan fingerprint density at radius 2 is 2.00 bits per heavy atom. The van der Waals surface area contributed by atoms with Gasteiger partial charge in [-0.2, -0.15) is 0 Å². The fourth-order valence-corrected chi connectivity index (χ4v) is 2.50. The lowest BCUT2D eigenvalue weighted by Crippen LogP contribution is -2.36. The maximum atomic E-state index is 5.36. The van der Waals surface area contributed by atoms with Crippen LogP contribution in [-0.4, -0.2) is 41.3 Å². The van der Waals surface area contributed by atoms with Gasteiger partial charge >= 0.3 is 0 Å². The molecule has 0 radical (unpaired) electrons. The summed E-state index contributed by atoms with van der Waals surface area (Å²) in [4.78, 5) is 15.4. The van der Waals surface area contributed by atoms with E-state index in [-0.39, 0.29) is 0 Å². The average molecular weight is 299 g/mol.